The molecule has 100 valence electrons. The van der Waals surface area contributed by atoms with Gasteiger partial charge in [-0.25, -0.2) is 9.36 Å². The van der Waals surface area contributed by atoms with Crippen molar-refractivity contribution < 1.29 is 4.79 Å². The Kier molecular flexibility index (Phi) is 3.37. The Hall–Kier alpha value is -1.99. The van der Waals surface area contributed by atoms with Gasteiger partial charge in [0.15, 0.2) is 0 Å². The summed E-state index contributed by atoms with van der Waals surface area (Å²) in [6.45, 7) is 0. The fourth-order valence-corrected chi connectivity index (χ4v) is 2.65. The third-order valence-electron chi connectivity index (χ3n) is 2.69. The average Bonchev–Trinajstić information content (AvgIpc) is 3.09. The van der Waals surface area contributed by atoms with E-state index < -0.39 is 5.69 Å². The van der Waals surface area contributed by atoms with Crippen LogP contribution in [0.25, 0.3) is 5.69 Å². The van der Waals surface area contributed by atoms with Gasteiger partial charge in [-0.1, -0.05) is 22.0 Å². The molecule has 0 atom stereocenters. The van der Waals surface area contributed by atoms with Gasteiger partial charge in [0.05, 0.1) is 10.6 Å². The zero-order valence-electron chi connectivity index (χ0n) is 10.1. The normalized spacial score (nSPS) is 10.7. The molecule has 0 amide bonds. The van der Waals surface area contributed by atoms with E-state index in [-0.39, 0.29) is 5.91 Å². The van der Waals surface area contributed by atoms with E-state index in [1.807, 2.05) is 12.1 Å². The highest BCUT2D eigenvalue weighted by Gasteiger charge is 2.15. The summed E-state index contributed by atoms with van der Waals surface area (Å²) >= 11 is 4.61. The van der Waals surface area contributed by atoms with Crippen LogP contribution in [0.1, 0.15) is 9.67 Å². The van der Waals surface area contributed by atoms with E-state index in [9.17, 15) is 9.59 Å². The Morgan fingerprint density at radius 1 is 1.20 bits per heavy atom. The van der Waals surface area contributed by atoms with Gasteiger partial charge in [0.25, 0.3) is 5.91 Å². The molecule has 0 fully saturated rings. The summed E-state index contributed by atoms with van der Waals surface area (Å²) < 4.78 is 3.11. The molecule has 1 aromatic carbocycles. The number of rotatable bonds is 2. The number of carbonyl (C=O) groups is 1. The maximum Gasteiger partial charge on any atom is 0.357 e. The Bertz CT molecular complexity index is 803. The van der Waals surface area contributed by atoms with Crippen LogP contribution in [0, 0.1) is 0 Å². The van der Waals surface area contributed by atoms with E-state index in [1.54, 1.807) is 29.6 Å². The summed E-state index contributed by atoms with van der Waals surface area (Å²) in [5, 5.41) is 5.77. The molecule has 0 bridgehead atoms. The van der Waals surface area contributed by atoms with E-state index >= 15 is 0 Å². The van der Waals surface area contributed by atoms with Crippen LogP contribution in [-0.2, 0) is 0 Å². The minimum atomic E-state index is -0.481. The third-order valence-corrected chi connectivity index (χ3v) is 4.08. The van der Waals surface area contributed by atoms with Gasteiger partial charge in [0.1, 0.15) is 6.33 Å². The Morgan fingerprint density at radius 3 is 2.60 bits per heavy atom. The minimum Gasteiger partial charge on any atom is -0.267 e. The first kappa shape index (κ1) is 13.0. The molecule has 0 unspecified atom stereocenters. The van der Waals surface area contributed by atoms with Gasteiger partial charge in [-0.3, -0.25) is 4.79 Å². The predicted octanol–water partition coefficient (Wildman–Crippen LogP) is 2.55. The molecule has 0 spiro atoms. The molecule has 0 N–H and O–H groups in total. The summed E-state index contributed by atoms with van der Waals surface area (Å²) in [7, 11) is 0. The van der Waals surface area contributed by atoms with Crippen LogP contribution in [0.15, 0.2) is 57.4 Å². The largest absolute Gasteiger partial charge is 0.357 e. The highest BCUT2D eigenvalue weighted by molar-refractivity contribution is 9.10. The van der Waals surface area contributed by atoms with Crippen molar-refractivity contribution in [2.75, 3.05) is 0 Å². The van der Waals surface area contributed by atoms with E-state index in [4.69, 9.17) is 0 Å². The molecule has 3 rings (SSSR count). The van der Waals surface area contributed by atoms with Gasteiger partial charge in [-0.15, -0.1) is 11.3 Å². The van der Waals surface area contributed by atoms with Crippen LogP contribution in [0.5, 0.6) is 0 Å². The first-order valence-electron chi connectivity index (χ1n) is 5.67. The van der Waals surface area contributed by atoms with Crippen LogP contribution >= 0.6 is 27.3 Å². The van der Waals surface area contributed by atoms with Gasteiger partial charge >= 0.3 is 5.69 Å². The summed E-state index contributed by atoms with van der Waals surface area (Å²) in [5.41, 5.74) is 0.127. The molecule has 2 aromatic heterocycles. The quantitative estimate of drug-likeness (QED) is 0.714. The molecule has 0 saturated carbocycles. The van der Waals surface area contributed by atoms with Crippen molar-refractivity contribution in [1.82, 2.24) is 14.3 Å². The maximum absolute atomic E-state index is 12.2. The standard InChI is InChI=1S/C13H8BrN3O2S/c14-9-3-5-10(6-4-9)17-13(19)16(8-15-17)12(18)11-2-1-7-20-11/h1-8H. The number of hydrogen-bond donors (Lipinski definition) is 0. The molecule has 5 nitrogen and oxygen atoms in total. The predicted molar refractivity (Wildman–Crippen MR) is 79.6 cm³/mol. The molecule has 0 aliphatic carbocycles. The van der Waals surface area contributed by atoms with Crippen LogP contribution in [0.3, 0.4) is 0 Å². The molecule has 0 saturated heterocycles. The van der Waals surface area contributed by atoms with Crippen LogP contribution in [0.2, 0.25) is 0 Å². The molecule has 0 radical (unpaired) electrons. The molecular weight excluding hydrogens is 342 g/mol. The topological polar surface area (TPSA) is 56.9 Å². The second-order valence-electron chi connectivity index (χ2n) is 3.95. The fourth-order valence-electron chi connectivity index (χ4n) is 1.72. The highest BCUT2D eigenvalue weighted by atomic mass is 79.9. The monoisotopic (exact) mass is 349 g/mol. The lowest BCUT2D eigenvalue weighted by Crippen LogP contribution is -2.28. The maximum atomic E-state index is 12.2. The molecule has 0 aliphatic rings. The zero-order valence-corrected chi connectivity index (χ0v) is 12.5. The smallest absolute Gasteiger partial charge is 0.267 e. The lowest BCUT2D eigenvalue weighted by Gasteiger charge is -1.99. The van der Waals surface area contributed by atoms with Crippen molar-refractivity contribution in [3.05, 3.63) is 67.9 Å². The molecule has 2 heterocycles. The number of aromatic nitrogens is 3. The van der Waals surface area contributed by atoms with Crippen molar-refractivity contribution in [3.63, 3.8) is 0 Å². The first-order valence-corrected chi connectivity index (χ1v) is 7.35. The van der Waals surface area contributed by atoms with Crippen LogP contribution in [0.4, 0.5) is 0 Å². The molecule has 0 aliphatic heterocycles. The van der Waals surface area contributed by atoms with Crippen molar-refractivity contribution in [3.8, 4) is 5.69 Å². The Labute approximate surface area is 126 Å². The van der Waals surface area contributed by atoms with Gasteiger partial charge in [-0.05, 0) is 35.7 Å². The van der Waals surface area contributed by atoms with Gasteiger partial charge < -0.3 is 0 Å². The molecule has 3 aromatic rings. The van der Waals surface area contributed by atoms with Crippen LogP contribution in [-0.4, -0.2) is 20.3 Å². The van der Waals surface area contributed by atoms with E-state index in [0.717, 1.165) is 9.04 Å². The lowest BCUT2D eigenvalue weighted by molar-refractivity contribution is 0.0959. The lowest BCUT2D eigenvalue weighted by atomic mass is 10.3. The number of benzene rings is 1. The fraction of sp³-hybridized carbons (Fsp3) is 0. The number of carbonyl (C=O) groups excluding carboxylic acids is 1. The van der Waals surface area contributed by atoms with E-state index in [0.29, 0.717) is 10.6 Å². The van der Waals surface area contributed by atoms with Crippen LogP contribution < -0.4 is 5.69 Å². The summed E-state index contributed by atoms with van der Waals surface area (Å²) in [6, 6.07) is 10.6. The van der Waals surface area contributed by atoms with E-state index in [2.05, 4.69) is 21.0 Å². The van der Waals surface area contributed by atoms with Crippen molar-refractivity contribution in [2.45, 2.75) is 0 Å². The number of hydrogen-bond acceptors (Lipinski definition) is 4. The van der Waals surface area contributed by atoms with Crippen molar-refractivity contribution >= 4 is 33.2 Å². The number of thiophene rings is 1. The Morgan fingerprint density at radius 2 is 1.95 bits per heavy atom. The molecular formula is C13H8BrN3O2S. The molecule has 7 heteroatoms. The summed E-state index contributed by atoms with van der Waals surface area (Å²) in [5.74, 6) is -0.367. The Balaban J connectivity index is 2.03. The van der Waals surface area contributed by atoms with Gasteiger partial charge in [0, 0.05) is 4.47 Å². The summed E-state index contributed by atoms with van der Waals surface area (Å²) in [6.07, 6.45) is 1.24. The summed E-state index contributed by atoms with van der Waals surface area (Å²) in [4.78, 5) is 24.9. The second kappa shape index (κ2) is 5.18. The minimum absolute atomic E-state index is 0.367. The first-order chi connectivity index (χ1) is 9.66. The number of nitrogens with zero attached hydrogens (tertiary/aromatic N) is 3. The van der Waals surface area contributed by atoms with Gasteiger partial charge in [0.2, 0.25) is 0 Å². The van der Waals surface area contributed by atoms with Crippen molar-refractivity contribution in [2.24, 2.45) is 0 Å². The SMILES string of the molecule is O=C(c1cccs1)n1cnn(-c2ccc(Br)cc2)c1=O. The van der Waals surface area contributed by atoms with Gasteiger partial charge in [-0.2, -0.15) is 9.78 Å². The second-order valence-corrected chi connectivity index (χ2v) is 5.82. The highest BCUT2D eigenvalue weighted by Crippen LogP contribution is 2.13. The number of halogens is 1. The zero-order chi connectivity index (χ0) is 14.1. The average molecular weight is 350 g/mol. The molecule has 20 heavy (non-hydrogen) atoms. The van der Waals surface area contributed by atoms with Crippen molar-refractivity contribution in [1.29, 1.82) is 0 Å². The third kappa shape index (κ3) is 2.25. The van der Waals surface area contributed by atoms with E-state index in [1.165, 1.54) is 22.3 Å².